The maximum Gasteiger partial charge on any atom is 0.321 e. The van der Waals surface area contributed by atoms with E-state index in [1.165, 1.54) is 16.7 Å². The molecular formula is C16H21NO2S. The van der Waals surface area contributed by atoms with Crippen molar-refractivity contribution in [1.82, 2.24) is 5.32 Å². The number of allylic oxidation sites excluding steroid dienone is 1. The summed E-state index contributed by atoms with van der Waals surface area (Å²) in [4.78, 5) is 10.9. The number of carboxylic acids is 1. The summed E-state index contributed by atoms with van der Waals surface area (Å²) in [6.45, 7) is 4.22. The second-order valence-corrected chi connectivity index (χ2v) is 6.56. The van der Waals surface area contributed by atoms with Crippen LogP contribution < -0.4 is 5.32 Å². The van der Waals surface area contributed by atoms with Crippen LogP contribution in [-0.2, 0) is 4.79 Å². The summed E-state index contributed by atoms with van der Waals surface area (Å²) in [6, 6.07) is 8.10. The molecule has 0 bridgehead atoms. The molecule has 20 heavy (non-hydrogen) atoms. The van der Waals surface area contributed by atoms with Crippen LogP contribution in [0.3, 0.4) is 0 Å². The highest BCUT2D eigenvalue weighted by molar-refractivity contribution is 8.00. The van der Waals surface area contributed by atoms with E-state index in [0.29, 0.717) is 5.75 Å². The number of carbonyl (C=O) groups is 1. The SMILES string of the molecule is C/C(=C\c1ccc(C)cc1)CCC1N[C@H](C(=O)O)CS1. The van der Waals surface area contributed by atoms with Crippen LogP contribution in [0.2, 0.25) is 0 Å². The third-order valence-corrected chi connectivity index (χ3v) is 4.74. The molecule has 0 saturated carbocycles. The molecule has 2 rings (SSSR count). The normalized spacial score (nSPS) is 23.0. The first-order valence-electron chi connectivity index (χ1n) is 6.89. The molecule has 3 nitrogen and oxygen atoms in total. The molecule has 1 unspecified atom stereocenters. The van der Waals surface area contributed by atoms with Crippen LogP contribution >= 0.6 is 11.8 Å². The van der Waals surface area contributed by atoms with Crippen LogP contribution in [0.4, 0.5) is 0 Å². The Bertz CT molecular complexity index is 496. The van der Waals surface area contributed by atoms with Crippen molar-refractivity contribution >= 4 is 23.8 Å². The Morgan fingerprint density at radius 3 is 2.75 bits per heavy atom. The number of thioether (sulfide) groups is 1. The van der Waals surface area contributed by atoms with E-state index in [4.69, 9.17) is 5.11 Å². The van der Waals surface area contributed by atoms with Crippen molar-refractivity contribution in [1.29, 1.82) is 0 Å². The molecule has 1 aliphatic heterocycles. The smallest absolute Gasteiger partial charge is 0.321 e. The van der Waals surface area contributed by atoms with E-state index in [-0.39, 0.29) is 11.4 Å². The third kappa shape index (κ3) is 4.39. The molecule has 0 radical (unpaired) electrons. The Hall–Kier alpha value is -1.26. The van der Waals surface area contributed by atoms with E-state index in [1.807, 2.05) is 0 Å². The molecule has 2 atom stereocenters. The summed E-state index contributed by atoms with van der Waals surface area (Å²) < 4.78 is 0. The number of hydrogen-bond donors (Lipinski definition) is 2. The summed E-state index contributed by atoms with van der Waals surface area (Å²) in [5, 5.41) is 12.4. The van der Waals surface area contributed by atoms with Crippen LogP contribution in [0, 0.1) is 6.92 Å². The highest BCUT2D eigenvalue weighted by atomic mass is 32.2. The number of aliphatic carboxylic acids is 1. The summed E-state index contributed by atoms with van der Waals surface area (Å²) in [6.07, 6.45) is 4.17. The predicted molar refractivity (Wildman–Crippen MR) is 84.9 cm³/mol. The van der Waals surface area contributed by atoms with Gasteiger partial charge in [0.25, 0.3) is 0 Å². The zero-order chi connectivity index (χ0) is 14.5. The lowest BCUT2D eigenvalue weighted by Gasteiger charge is -2.11. The topological polar surface area (TPSA) is 49.3 Å². The van der Waals surface area contributed by atoms with Crippen LogP contribution in [0.15, 0.2) is 29.8 Å². The lowest BCUT2D eigenvalue weighted by Crippen LogP contribution is -2.36. The number of carboxylic acid groups (broad SMARTS) is 1. The zero-order valence-corrected chi connectivity index (χ0v) is 12.7. The number of benzene rings is 1. The first-order chi connectivity index (χ1) is 9.54. The zero-order valence-electron chi connectivity index (χ0n) is 11.9. The molecule has 0 aromatic heterocycles. The molecule has 2 N–H and O–H groups in total. The second kappa shape index (κ2) is 6.95. The average molecular weight is 291 g/mol. The molecule has 0 spiro atoms. The highest BCUT2D eigenvalue weighted by Crippen LogP contribution is 2.24. The van der Waals surface area contributed by atoms with Gasteiger partial charge in [0.1, 0.15) is 6.04 Å². The predicted octanol–water partition coefficient (Wildman–Crippen LogP) is 3.29. The molecule has 4 heteroatoms. The van der Waals surface area contributed by atoms with Gasteiger partial charge in [-0.15, -0.1) is 11.8 Å². The van der Waals surface area contributed by atoms with Crippen molar-refractivity contribution in [2.75, 3.05) is 5.75 Å². The number of rotatable bonds is 5. The Kier molecular flexibility index (Phi) is 5.26. The summed E-state index contributed by atoms with van der Waals surface area (Å²) in [5.41, 5.74) is 3.82. The fraction of sp³-hybridized carbons (Fsp3) is 0.438. The van der Waals surface area contributed by atoms with E-state index < -0.39 is 5.97 Å². The summed E-state index contributed by atoms with van der Waals surface area (Å²) >= 11 is 1.71. The largest absolute Gasteiger partial charge is 0.480 e. The Balaban J connectivity index is 1.82. The molecule has 1 saturated heterocycles. The van der Waals surface area contributed by atoms with Crippen molar-refractivity contribution in [3.63, 3.8) is 0 Å². The van der Waals surface area contributed by atoms with Crippen molar-refractivity contribution in [2.45, 2.75) is 38.1 Å². The number of aryl methyl sites for hydroxylation is 1. The minimum Gasteiger partial charge on any atom is -0.480 e. The van der Waals surface area contributed by atoms with Gasteiger partial charge in [0, 0.05) is 5.75 Å². The highest BCUT2D eigenvalue weighted by Gasteiger charge is 2.28. The maximum atomic E-state index is 10.9. The minimum absolute atomic E-state index is 0.262. The van der Waals surface area contributed by atoms with E-state index in [1.54, 1.807) is 11.8 Å². The first kappa shape index (κ1) is 15.1. The fourth-order valence-electron chi connectivity index (χ4n) is 2.22. The third-order valence-electron chi connectivity index (χ3n) is 3.44. The number of hydrogen-bond acceptors (Lipinski definition) is 3. The van der Waals surface area contributed by atoms with Crippen LogP contribution in [0.5, 0.6) is 0 Å². The Morgan fingerprint density at radius 1 is 1.45 bits per heavy atom. The second-order valence-electron chi connectivity index (χ2n) is 5.32. The van der Waals surface area contributed by atoms with Gasteiger partial charge in [0.2, 0.25) is 0 Å². The lowest BCUT2D eigenvalue weighted by molar-refractivity contribution is -0.138. The van der Waals surface area contributed by atoms with Crippen molar-refractivity contribution in [2.24, 2.45) is 0 Å². The molecule has 0 amide bonds. The molecule has 1 aromatic rings. The Morgan fingerprint density at radius 2 is 2.15 bits per heavy atom. The van der Waals surface area contributed by atoms with Crippen molar-refractivity contribution in [3.8, 4) is 0 Å². The molecule has 1 aromatic carbocycles. The molecule has 1 fully saturated rings. The van der Waals surface area contributed by atoms with Gasteiger partial charge in [-0.3, -0.25) is 10.1 Å². The standard InChI is InChI=1S/C16H21NO2S/c1-11-3-6-13(7-4-11)9-12(2)5-8-15-17-14(10-20-15)16(18)19/h3-4,6-7,9,14-15,17H,5,8,10H2,1-2H3,(H,18,19)/b12-9+/t14-,15?/m0/s1. The Labute approximate surface area is 124 Å². The molecule has 1 heterocycles. The van der Waals surface area contributed by atoms with Gasteiger partial charge < -0.3 is 5.11 Å². The van der Waals surface area contributed by atoms with E-state index >= 15 is 0 Å². The first-order valence-corrected chi connectivity index (χ1v) is 7.94. The van der Waals surface area contributed by atoms with Gasteiger partial charge in [-0.1, -0.05) is 41.5 Å². The van der Waals surface area contributed by atoms with Gasteiger partial charge >= 0.3 is 5.97 Å². The molecule has 1 aliphatic rings. The molecule has 0 aliphatic carbocycles. The van der Waals surface area contributed by atoms with Crippen LogP contribution in [0.25, 0.3) is 6.08 Å². The van der Waals surface area contributed by atoms with Gasteiger partial charge in [0.15, 0.2) is 0 Å². The number of nitrogens with one attached hydrogen (secondary N) is 1. The summed E-state index contributed by atoms with van der Waals surface area (Å²) in [5.74, 6) is -0.0762. The fourth-order valence-corrected chi connectivity index (χ4v) is 3.43. The summed E-state index contributed by atoms with van der Waals surface area (Å²) in [7, 11) is 0. The monoisotopic (exact) mass is 291 g/mol. The van der Waals surface area contributed by atoms with Crippen molar-refractivity contribution in [3.05, 3.63) is 41.0 Å². The van der Waals surface area contributed by atoms with Gasteiger partial charge in [-0.25, -0.2) is 0 Å². The van der Waals surface area contributed by atoms with Crippen LogP contribution in [-0.4, -0.2) is 28.2 Å². The van der Waals surface area contributed by atoms with E-state index in [0.717, 1.165) is 12.8 Å². The van der Waals surface area contributed by atoms with E-state index in [9.17, 15) is 4.79 Å². The van der Waals surface area contributed by atoms with Gasteiger partial charge in [-0.05, 0) is 32.3 Å². The molecule has 108 valence electrons. The van der Waals surface area contributed by atoms with E-state index in [2.05, 4.69) is 49.5 Å². The quantitative estimate of drug-likeness (QED) is 0.874. The minimum atomic E-state index is -0.744. The lowest BCUT2D eigenvalue weighted by atomic mass is 10.1. The van der Waals surface area contributed by atoms with Gasteiger partial charge in [-0.2, -0.15) is 0 Å². The molecular weight excluding hydrogens is 270 g/mol. The average Bonchev–Trinajstić information content (AvgIpc) is 2.88. The maximum absolute atomic E-state index is 10.9. The van der Waals surface area contributed by atoms with Crippen molar-refractivity contribution < 1.29 is 9.90 Å². The van der Waals surface area contributed by atoms with Gasteiger partial charge in [0.05, 0.1) is 5.37 Å². The van der Waals surface area contributed by atoms with Crippen LogP contribution in [0.1, 0.15) is 30.9 Å².